The van der Waals surface area contributed by atoms with E-state index in [1.54, 1.807) is 0 Å². The summed E-state index contributed by atoms with van der Waals surface area (Å²) >= 11 is 0. The van der Waals surface area contributed by atoms with E-state index in [-0.39, 0.29) is 12.0 Å². The number of rotatable bonds is 3. The van der Waals surface area contributed by atoms with E-state index in [9.17, 15) is 0 Å². The summed E-state index contributed by atoms with van der Waals surface area (Å²) < 4.78 is 0. The first-order chi connectivity index (χ1) is 4.98. The molecule has 1 nitrogen and oxygen atoms in total. The molecule has 0 amide bonds. The summed E-state index contributed by atoms with van der Waals surface area (Å²) in [7, 11) is 0. The van der Waals surface area contributed by atoms with Gasteiger partial charge in [0.05, 0.1) is 0 Å². The van der Waals surface area contributed by atoms with Crippen LogP contribution in [0.25, 0.3) is 0 Å². The Bertz CT molecular complexity index is 167. The topological polar surface area (TPSA) is 20.2 Å². The lowest BCUT2D eigenvalue weighted by molar-refractivity contribution is 0.162. The molecule has 0 aromatic heterocycles. The fourth-order valence-corrected chi connectivity index (χ4v) is 0.596. The van der Waals surface area contributed by atoms with Gasteiger partial charge in [0.15, 0.2) is 0 Å². The standard InChI is InChI=1S/C10H18O/c1-9(2)6-5-7-10(3,4)8-11/h5,11H,7-8H2,1-4H3. The molecular formula is C10H18O. The van der Waals surface area contributed by atoms with Gasteiger partial charge >= 0.3 is 0 Å². The van der Waals surface area contributed by atoms with Crippen LogP contribution in [0, 0.1) is 5.41 Å². The van der Waals surface area contributed by atoms with Crippen molar-refractivity contribution < 1.29 is 5.11 Å². The van der Waals surface area contributed by atoms with Crippen LogP contribution in [0.4, 0.5) is 0 Å². The highest BCUT2D eigenvalue weighted by molar-refractivity contribution is 4.95. The SMILES string of the molecule is CC(C)=C=CCC(C)(C)CO. The van der Waals surface area contributed by atoms with E-state index in [4.69, 9.17) is 5.11 Å². The summed E-state index contributed by atoms with van der Waals surface area (Å²) in [5, 5.41) is 8.90. The van der Waals surface area contributed by atoms with E-state index in [2.05, 4.69) is 5.73 Å². The summed E-state index contributed by atoms with van der Waals surface area (Å²) in [5.74, 6) is 0. The molecule has 0 saturated heterocycles. The van der Waals surface area contributed by atoms with Gasteiger partial charge in [-0.25, -0.2) is 0 Å². The molecule has 0 atom stereocenters. The van der Waals surface area contributed by atoms with E-state index in [0.29, 0.717) is 0 Å². The summed E-state index contributed by atoms with van der Waals surface area (Å²) in [6.07, 6.45) is 2.88. The van der Waals surface area contributed by atoms with Crippen molar-refractivity contribution in [2.45, 2.75) is 34.1 Å². The second-order valence-electron chi connectivity index (χ2n) is 3.87. The van der Waals surface area contributed by atoms with Crippen LogP contribution < -0.4 is 0 Å². The van der Waals surface area contributed by atoms with Gasteiger partial charge in [0.2, 0.25) is 0 Å². The van der Waals surface area contributed by atoms with Crippen LogP contribution in [0.5, 0.6) is 0 Å². The predicted octanol–water partition coefficient (Wildman–Crippen LogP) is 2.52. The molecule has 0 aliphatic rings. The molecule has 0 radical (unpaired) electrons. The monoisotopic (exact) mass is 154 g/mol. The zero-order chi connectivity index (χ0) is 8.91. The summed E-state index contributed by atoms with van der Waals surface area (Å²) in [4.78, 5) is 0. The lowest BCUT2D eigenvalue weighted by atomic mass is 9.91. The number of aliphatic hydroxyl groups is 1. The number of allylic oxidation sites excluding steroid dienone is 1. The zero-order valence-corrected chi connectivity index (χ0v) is 7.94. The van der Waals surface area contributed by atoms with Crippen LogP contribution in [0.15, 0.2) is 17.4 Å². The zero-order valence-electron chi connectivity index (χ0n) is 7.94. The molecule has 64 valence electrons. The maximum Gasteiger partial charge on any atom is 0.0485 e. The molecule has 0 spiro atoms. The van der Waals surface area contributed by atoms with Crippen molar-refractivity contribution in [2.24, 2.45) is 5.41 Å². The van der Waals surface area contributed by atoms with Crippen molar-refractivity contribution in [3.63, 3.8) is 0 Å². The average molecular weight is 154 g/mol. The normalized spacial score (nSPS) is 10.6. The third-order valence-corrected chi connectivity index (χ3v) is 1.47. The van der Waals surface area contributed by atoms with E-state index >= 15 is 0 Å². The fraction of sp³-hybridized carbons (Fsp3) is 0.700. The van der Waals surface area contributed by atoms with Crippen molar-refractivity contribution >= 4 is 0 Å². The number of hydrogen-bond donors (Lipinski definition) is 1. The van der Waals surface area contributed by atoms with Gasteiger partial charge in [0, 0.05) is 6.61 Å². The number of hydrogen-bond acceptors (Lipinski definition) is 1. The third kappa shape index (κ3) is 5.90. The summed E-state index contributed by atoms with van der Waals surface area (Å²) in [6.45, 7) is 8.34. The first kappa shape index (κ1) is 10.5. The highest BCUT2D eigenvalue weighted by Crippen LogP contribution is 2.18. The predicted molar refractivity (Wildman–Crippen MR) is 48.4 cm³/mol. The van der Waals surface area contributed by atoms with E-state index < -0.39 is 0 Å². The van der Waals surface area contributed by atoms with Crippen molar-refractivity contribution in [2.75, 3.05) is 6.61 Å². The van der Waals surface area contributed by atoms with Crippen LogP contribution in [-0.4, -0.2) is 11.7 Å². The highest BCUT2D eigenvalue weighted by Gasteiger charge is 2.13. The van der Waals surface area contributed by atoms with Gasteiger partial charge in [0.25, 0.3) is 0 Å². The van der Waals surface area contributed by atoms with E-state index in [0.717, 1.165) is 6.42 Å². The first-order valence-electron chi connectivity index (χ1n) is 3.97. The Balaban J connectivity index is 3.98. The van der Waals surface area contributed by atoms with Crippen LogP contribution in [-0.2, 0) is 0 Å². The van der Waals surface area contributed by atoms with Crippen molar-refractivity contribution in [1.29, 1.82) is 0 Å². The Morgan fingerprint density at radius 2 is 2.00 bits per heavy atom. The summed E-state index contributed by atoms with van der Waals surface area (Å²) in [5.41, 5.74) is 4.30. The molecule has 0 rings (SSSR count). The second-order valence-corrected chi connectivity index (χ2v) is 3.87. The first-order valence-corrected chi connectivity index (χ1v) is 3.97. The van der Waals surface area contributed by atoms with Crippen LogP contribution in [0.3, 0.4) is 0 Å². The average Bonchev–Trinajstić information content (AvgIpc) is 1.87. The Labute approximate surface area is 69.4 Å². The molecule has 1 heteroatoms. The van der Waals surface area contributed by atoms with Gasteiger partial charge in [-0.05, 0) is 37.3 Å². The Hall–Kier alpha value is -0.520. The van der Waals surface area contributed by atoms with Gasteiger partial charge in [-0.1, -0.05) is 13.8 Å². The van der Waals surface area contributed by atoms with Gasteiger partial charge < -0.3 is 5.11 Å². The number of aliphatic hydroxyl groups excluding tert-OH is 1. The molecule has 0 bridgehead atoms. The van der Waals surface area contributed by atoms with Gasteiger partial charge in [-0.15, -0.1) is 5.73 Å². The van der Waals surface area contributed by atoms with E-state index in [1.807, 2.05) is 33.8 Å². The molecule has 0 aromatic carbocycles. The Kier molecular flexibility index (Phi) is 4.17. The molecule has 0 aliphatic heterocycles. The van der Waals surface area contributed by atoms with Crippen molar-refractivity contribution in [3.05, 3.63) is 17.4 Å². The van der Waals surface area contributed by atoms with Crippen LogP contribution >= 0.6 is 0 Å². The second kappa shape index (κ2) is 4.38. The van der Waals surface area contributed by atoms with Gasteiger partial charge in [0.1, 0.15) is 0 Å². The molecular weight excluding hydrogens is 136 g/mol. The minimum Gasteiger partial charge on any atom is -0.396 e. The Morgan fingerprint density at radius 3 is 2.36 bits per heavy atom. The van der Waals surface area contributed by atoms with Gasteiger partial charge in [-0.3, -0.25) is 0 Å². The lowest BCUT2D eigenvalue weighted by Gasteiger charge is -2.17. The molecule has 11 heavy (non-hydrogen) atoms. The molecule has 0 unspecified atom stereocenters. The maximum absolute atomic E-state index is 8.90. The third-order valence-electron chi connectivity index (χ3n) is 1.47. The smallest absolute Gasteiger partial charge is 0.0485 e. The van der Waals surface area contributed by atoms with Crippen LogP contribution in [0.2, 0.25) is 0 Å². The molecule has 0 fully saturated rings. The van der Waals surface area contributed by atoms with Crippen molar-refractivity contribution in [1.82, 2.24) is 0 Å². The van der Waals surface area contributed by atoms with Crippen molar-refractivity contribution in [3.8, 4) is 0 Å². The molecule has 1 N–H and O–H groups in total. The Morgan fingerprint density at radius 1 is 1.45 bits per heavy atom. The highest BCUT2D eigenvalue weighted by atomic mass is 16.3. The molecule has 0 aliphatic carbocycles. The quantitative estimate of drug-likeness (QED) is 0.619. The van der Waals surface area contributed by atoms with E-state index in [1.165, 1.54) is 5.57 Å². The minimum atomic E-state index is 0.00243. The van der Waals surface area contributed by atoms with Gasteiger partial charge in [-0.2, -0.15) is 0 Å². The lowest BCUT2D eigenvalue weighted by Crippen LogP contribution is -2.14. The molecule has 0 aromatic rings. The molecule has 0 saturated carbocycles. The largest absolute Gasteiger partial charge is 0.396 e. The van der Waals surface area contributed by atoms with Crippen LogP contribution in [0.1, 0.15) is 34.1 Å². The molecule has 0 heterocycles. The maximum atomic E-state index is 8.90. The summed E-state index contributed by atoms with van der Waals surface area (Å²) in [6, 6.07) is 0. The minimum absolute atomic E-state index is 0.00243. The fourth-order valence-electron chi connectivity index (χ4n) is 0.596.